The van der Waals surface area contributed by atoms with Crippen LogP contribution in [-0.2, 0) is 0 Å². The second kappa shape index (κ2) is 14.9. The number of nitrogens with zero attached hydrogens (tertiary/aromatic N) is 1. The van der Waals surface area contributed by atoms with Crippen molar-refractivity contribution in [2.75, 3.05) is 0 Å². The summed E-state index contributed by atoms with van der Waals surface area (Å²) in [6.45, 7) is 8.78. The molecule has 2 unspecified atom stereocenters. The van der Waals surface area contributed by atoms with Crippen LogP contribution in [0.25, 0.3) is 12.2 Å². The molecule has 2 heteroatoms. The third-order valence-corrected chi connectivity index (χ3v) is 6.70. The van der Waals surface area contributed by atoms with Gasteiger partial charge >= 0.3 is 0 Å². The highest BCUT2D eigenvalue weighted by Crippen LogP contribution is 2.33. The zero-order valence-corrected chi connectivity index (χ0v) is 22.8. The summed E-state index contributed by atoms with van der Waals surface area (Å²) in [6.07, 6.45) is 12.9. The molecule has 2 atom stereocenters. The highest BCUT2D eigenvalue weighted by atomic mass is 16.5. The minimum atomic E-state index is 0.0648. The molecule has 2 nitrogen and oxygen atoms in total. The Labute approximate surface area is 224 Å². The van der Waals surface area contributed by atoms with Gasteiger partial charge in [0.1, 0.15) is 11.5 Å². The molecule has 0 bridgehead atoms. The average Bonchev–Trinajstić information content (AvgIpc) is 2.90. The van der Waals surface area contributed by atoms with Gasteiger partial charge in [-0.25, -0.2) is 0 Å². The van der Waals surface area contributed by atoms with E-state index in [1.54, 1.807) is 0 Å². The van der Waals surface area contributed by atoms with Crippen molar-refractivity contribution in [1.29, 1.82) is 5.26 Å². The molecule has 0 aromatic heterocycles. The molecule has 37 heavy (non-hydrogen) atoms. The third kappa shape index (κ3) is 9.77. The maximum atomic E-state index is 9.69. The third-order valence-electron chi connectivity index (χ3n) is 6.70. The van der Waals surface area contributed by atoms with Crippen LogP contribution in [-0.4, -0.2) is 0 Å². The summed E-state index contributed by atoms with van der Waals surface area (Å²) >= 11 is 0. The topological polar surface area (TPSA) is 33.0 Å². The Kier molecular flexibility index (Phi) is 11.2. The van der Waals surface area contributed by atoms with E-state index in [2.05, 4.69) is 107 Å². The molecular weight excluding hydrogens is 450 g/mol. The smallest absolute Gasteiger partial charge is 0.127 e. The van der Waals surface area contributed by atoms with E-state index >= 15 is 0 Å². The van der Waals surface area contributed by atoms with Crippen molar-refractivity contribution in [3.8, 4) is 17.6 Å². The largest absolute Gasteiger partial charge is 0.457 e. The summed E-state index contributed by atoms with van der Waals surface area (Å²) in [6, 6.07) is 29.4. The minimum absolute atomic E-state index is 0.0648. The molecule has 0 heterocycles. The van der Waals surface area contributed by atoms with Gasteiger partial charge in [0.25, 0.3) is 0 Å². The van der Waals surface area contributed by atoms with Crippen LogP contribution < -0.4 is 4.74 Å². The van der Waals surface area contributed by atoms with Crippen molar-refractivity contribution in [3.05, 3.63) is 108 Å². The van der Waals surface area contributed by atoms with Crippen LogP contribution in [0.1, 0.15) is 76.0 Å². The van der Waals surface area contributed by atoms with E-state index in [0.29, 0.717) is 17.8 Å². The van der Waals surface area contributed by atoms with E-state index in [-0.39, 0.29) is 5.92 Å². The van der Waals surface area contributed by atoms with E-state index in [1.807, 2.05) is 30.3 Å². The highest BCUT2D eigenvalue weighted by molar-refractivity contribution is 5.69. The Morgan fingerprint density at radius 3 is 1.92 bits per heavy atom. The van der Waals surface area contributed by atoms with Crippen LogP contribution >= 0.6 is 0 Å². The molecule has 0 aliphatic carbocycles. The Morgan fingerprint density at radius 2 is 1.35 bits per heavy atom. The molecule has 0 saturated carbocycles. The van der Waals surface area contributed by atoms with E-state index in [1.165, 1.54) is 11.1 Å². The fraction of sp³-hybridized carbons (Fsp3) is 0.343. The lowest BCUT2D eigenvalue weighted by Gasteiger charge is -2.22. The first kappa shape index (κ1) is 28.0. The van der Waals surface area contributed by atoms with Crippen molar-refractivity contribution < 1.29 is 4.74 Å². The van der Waals surface area contributed by atoms with Crippen molar-refractivity contribution in [2.24, 2.45) is 17.8 Å². The molecule has 0 amide bonds. The van der Waals surface area contributed by atoms with Gasteiger partial charge in [-0.3, -0.25) is 0 Å². The fourth-order valence-electron chi connectivity index (χ4n) is 4.33. The lowest BCUT2D eigenvalue weighted by molar-refractivity contribution is 0.398. The molecule has 0 radical (unpaired) electrons. The molecule has 0 fully saturated rings. The molecule has 0 saturated heterocycles. The van der Waals surface area contributed by atoms with E-state index in [9.17, 15) is 5.26 Å². The summed E-state index contributed by atoms with van der Waals surface area (Å²) < 4.78 is 6.12. The zero-order valence-electron chi connectivity index (χ0n) is 22.8. The average molecular weight is 492 g/mol. The number of rotatable bonds is 13. The quantitative estimate of drug-likeness (QED) is 0.176. The maximum Gasteiger partial charge on any atom is 0.127 e. The second-order valence-corrected chi connectivity index (χ2v) is 10.6. The number of allylic oxidation sites excluding steroid dienone is 2. The first-order valence-electron chi connectivity index (χ1n) is 13.6. The van der Waals surface area contributed by atoms with E-state index < -0.39 is 0 Å². The van der Waals surface area contributed by atoms with Crippen LogP contribution in [0.5, 0.6) is 11.5 Å². The summed E-state index contributed by atoms with van der Waals surface area (Å²) in [5, 5.41) is 9.69. The Morgan fingerprint density at radius 1 is 0.757 bits per heavy atom. The van der Waals surface area contributed by atoms with Gasteiger partial charge in [0, 0.05) is 5.92 Å². The monoisotopic (exact) mass is 491 g/mol. The lowest BCUT2D eigenvalue weighted by Crippen LogP contribution is -2.12. The molecule has 0 aliphatic rings. The van der Waals surface area contributed by atoms with Crippen LogP contribution in [0.15, 0.2) is 91.0 Å². The number of hydrogen-bond acceptors (Lipinski definition) is 2. The van der Waals surface area contributed by atoms with E-state index in [0.717, 1.165) is 42.7 Å². The zero-order chi connectivity index (χ0) is 26.5. The van der Waals surface area contributed by atoms with Crippen molar-refractivity contribution in [2.45, 2.75) is 59.3 Å². The number of nitriles is 1. The van der Waals surface area contributed by atoms with Gasteiger partial charge in [-0.2, -0.15) is 5.26 Å². The SMILES string of the molecule is CC(C)C/C=C/CCC(CC(C#N)C(C)C)c1ccc(Oc2ccc(/C=C/c3ccccc3)cc2)cc1. The number of benzene rings is 3. The molecule has 3 aromatic carbocycles. The normalized spacial score (nSPS) is 13.3. The van der Waals surface area contributed by atoms with Crippen molar-refractivity contribution in [3.63, 3.8) is 0 Å². The Bertz CT molecular complexity index is 1150. The van der Waals surface area contributed by atoms with Gasteiger partial charge < -0.3 is 4.74 Å². The maximum absolute atomic E-state index is 9.69. The van der Waals surface area contributed by atoms with Gasteiger partial charge in [-0.05, 0) is 84.4 Å². The van der Waals surface area contributed by atoms with Gasteiger partial charge in [0.05, 0.1) is 6.07 Å². The molecule has 3 rings (SSSR count). The van der Waals surface area contributed by atoms with E-state index in [4.69, 9.17) is 4.74 Å². The predicted molar refractivity (Wildman–Crippen MR) is 157 cm³/mol. The summed E-state index contributed by atoms with van der Waals surface area (Å²) in [7, 11) is 0. The Hall–Kier alpha value is -3.57. The van der Waals surface area contributed by atoms with Gasteiger partial charge in [0.2, 0.25) is 0 Å². The Balaban J connectivity index is 1.63. The van der Waals surface area contributed by atoms with Crippen LogP contribution in [0.4, 0.5) is 0 Å². The van der Waals surface area contributed by atoms with Crippen LogP contribution in [0, 0.1) is 29.1 Å². The minimum Gasteiger partial charge on any atom is -0.457 e. The van der Waals surface area contributed by atoms with Crippen molar-refractivity contribution >= 4 is 12.2 Å². The molecular formula is C35H41NO. The predicted octanol–water partition coefficient (Wildman–Crippen LogP) is 10.3. The molecule has 0 spiro atoms. The van der Waals surface area contributed by atoms with Gasteiger partial charge in [0.15, 0.2) is 0 Å². The summed E-state index contributed by atoms with van der Waals surface area (Å²) in [4.78, 5) is 0. The standard InChI is InChI=1S/C35H41NO/c1-27(2)11-7-5-10-14-32(25-33(26-36)28(3)4)31-19-23-35(24-20-31)37-34-21-17-30(18-22-34)16-15-29-12-8-6-9-13-29/h5-9,12-13,15-24,27-28,32-33H,10-11,14,25H2,1-4H3/b7-5+,16-15+. The lowest BCUT2D eigenvalue weighted by atomic mass is 9.82. The van der Waals surface area contributed by atoms with Gasteiger partial charge in [-0.1, -0.05) is 107 Å². The highest BCUT2D eigenvalue weighted by Gasteiger charge is 2.20. The number of hydrogen-bond donors (Lipinski definition) is 0. The first-order valence-corrected chi connectivity index (χ1v) is 13.6. The van der Waals surface area contributed by atoms with Crippen molar-refractivity contribution in [1.82, 2.24) is 0 Å². The summed E-state index contributed by atoms with van der Waals surface area (Å²) in [5.41, 5.74) is 3.60. The number of ether oxygens (including phenoxy) is 1. The first-order chi connectivity index (χ1) is 17.9. The van der Waals surface area contributed by atoms with Gasteiger partial charge in [-0.15, -0.1) is 0 Å². The van der Waals surface area contributed by atoms with Crippen LogP contribution in [0.3, 0.4) is 0 Å². The molecule has 192 valence electrons. The molecule has 0 aliphatic heterocycles. The molecule has 3 aromatic rings. The molecule has 0 N–H and O–H groups in total. The summed E-state index contributed by atoms with van der Waals surface area (Å²) in [5.74, 6) is 3.12. The fourth-order valence-corrected chi connectivity index (χ4v) is 4.33. The second-order valence-electron chi connectivity index (χ2n) is 10.6. The van der Waals surface area contributed by atoms with Crippen LogP contribution in [0.2, 0.25) is 0 Å².